The van der Waals surface area contributed by atoms with Crippen molar-refractivity contribution in [3.8, 4) is 0 Å². The first kappa shape index (κ1) is 15.8. The number of methoxy groups -OCH3 is 1. The van der Waals surface area contributed by atoms with Gasteiger partial charge in [-0.25, -0.2) is 0 Å². The monoisotopic (exact) mass is 290 g/mol. The predicted molar refractivity (Wildman–Crippen MR) is 86.8 cm³/mol. The smallest absolute Gasteiger partial charge is 0.224 e. The maximum atomic E-state index is 11.7. The van der Waals surface area contributed by atoms with Gasteiger partial charge in [-0.2, -0.15) is 0 Å². The molecule has 2 rings (SSSR count). The number of carbonyl (C=O) groups excluding carboxylic acids is 1. The molecule has 0 spiro atoms. The Hall–Kier alpha value is -1.55. The molecule has 1 aliphatic rings. The average Bonchev–Trinajstić information content (AvgIpc) is 2.53. The number of nitrogens with zero attached hydrogens (tertiary/aromatic N) is 1. The average molecular weight is 290 g/mol. The van der Waals surface area contributed by atoms with Gasteiger partial charge in [0.25, 0.3) is 0 Å². The minimum absolute atomic E-state index is 0.0991. The molecule has 116 valence electrons. The van der Waals surface area contributed by atoms with Gasteiger partial charge in [0.15, 0.2) is 0 Å². The van der Waals surface area contributed by atoms with Crippen molar-refractivity contribution in [2.45, 2.75) is 45.1 Å². The van der Waals surface area contributed by atoms with Crippen molar-refractivity contribution in [2.24, 2.45) is 0 Å². The summed E-state index contributed by atoms with van der Waals surface area (Å²) >= 11 is 0. The second kappa shape index (κ2) is 8.03. The number of anilines is 2. The molecule has 1 unspecified atom stereocenters. The summed E-state index contributed by atoms with van der Waals surface area (Å²) in [5.74, 6) is 0.0991. The van der Waals surface area contributed by atoms with E-state index in [9.17, 15) is 4.79 Å². The third kappa shape index (κ3) is 4.74. The normalized spacial score (nSPS) is 18.6. The molecular weight excluding hydrogens is 264 g/mol. The van der Waals surface area contributed by atoms with Crippen LogP contribution in [-0.2, 0) is 9.53 Å². The van der Waals surface area contributed by atoms with Crippen molar-refractivity contribution >= 4 is 17.3 Å². The number of nitrogens with one attached hydrogen (secondary N) is 1. The number of unbranched alkanes of at least 4 members (excludes halogenated alkanes) is 1. The lowest BCUT2D eigenvalue weighted by molar-refractivity contribution is -0.116. The standard InChI is InChI=1S/C17H26N2O2/c1-3-4-7-17(20)18-14-8-10-15(11-9-14)19-12-5-6-16(13-19)21-2/h8-11,16H,3-7,12-13H2,1-2H3,(H,18,20). The molecule has 0 aromatic heterocycles. The lowest BCUT2D eigenvalue weighted by Gasteiger charge is -2.33. The largest absolute Gasteiger partial charge is 0.380 e. The quantitative estimate of drug-likeness (QED) is 0.872. The highest BCUT2D eigenvalue weighted by molar-refractivity contribution is 5.90. The number of benzene rings is 1. The van der Waals surface area contributed by atoms with Crippen LogP contribution < -0.4 is 10.2 Å². The van der Waals surface area contributed by atoms with E-state index in [2.05, 4.69) is 29.3 Å². The Bertz CT molecular complexity index is 445. The fourth-order valence-corrected chi connectivity index (χ4v) is 2.68. The Kier molecular flexibility index (Phi) is 6.05. The number of carbonyl (C=O) groups is 1. The first-order chi connectivity index (χ1) is 10.2. The van der Waals surface area contributed by atoms with Crippen molar-refractivity contribution in [3.05, 3.63) is 24.3 Å². The van der Waals surface area contributed by atoms with Crippen LogP contribution in [0.4, 0.5) is 11.4 Å². The summed E-state index contributed by atoms with van der Waals surface area (Å²) < 4.78 is 5.46. The van der Waals surface area contributed by atoms with E-state index in [1.54, 1.807) is 7.11 Å². The summed E-state index contributed by atoms with van der Waals surface area (Å²) in [6, 6.07) is 8.12. The second-order valence-corrected chi connectivity index (χ2v) is 5.64. The minimum atomic E-state index is 0.0991. The van der Waals surface area contributed by atoms with Gasteiger partial charge in [0.05, 0.1) is 6.10 Å². The van der Waals surface area contributed by atoms with E-state index in [1.807, 2.05) is 12.1 Å². The molecule has 0 saturated carbocycles. The molecule has 0 bridgehead atoms. The summed E-state index contributed by atoms with van der Waals surface area (Å²) in [6.45, 7) is 4.11. The number of hydrogen-bond donors (Lipinski definition) is 1. The van der Waals surface area contributed by atoms with E-state index in [0.29, 0.717) is 12.5 Å². The van der Waals surface area contributed by atoms with Gasteiger partial charge < -0.3 is 15.0 Å². The molecular formula is C17H26N2O2. The van der Waals surface area contributed by atoms with Gasteiger partial charge in [-0.1, -0.05) is 13.3 Å². The number of piperidine rings is 1. The van der Waals surface area contributed by atoms with Crippen LogP contribution in [0.1, 0.15) is 39.0 Å². The van der Waals surface area contributed by atoms with Crippen molar-refractivity contribution in [1.82, 2.24) is 0 Å². The van der Waals surface area contributed by atoms with E-state index in [4.69, 9.17) is 4.74 Å². The van der Waals surface area contributed by atoms with Crippen LogP contribution in [0, 0.1) is 0 Å². The van der Waals surface area contributed by atoms with Crippen molar-refractivity contribution in [1.29, 1.82) is 0 Å². The summed E-state index contributed by atoms with van der Waals surface area (Å²) in [5.41, 5.74) is 2.07. The molecule has 1 aromatic rings. The minimum Gasteiger partial charge on any atom is -0.380 e. The molecule has 0 aliphatic carbocycles. The van der Waals surface area contributed by atoms with Gasteiger partial charge in [0.1, 0.15) is 0 Å². The molecule has 1 saturated heterocycles. The summed E-state index contributed by atoms with van der Waals surface area (Å²) in [5, 5.41) is 2.94. The van der Waals surface area contributed by atoms with Crippen LogP contribution in [0.3, 0.4) is 0 Å². The van der Waals surface area contributed by atoms with E-state index in [0.717, 1.165) is 44.5 Å². The third-order valence-corrected chi connectivity index (χ3v) is 3.99. The molecule has 1 heterocycles. The zero-order valence-corrected chi connectivity index (χ0v) is 13.1. The van der Waals surface area contributed by atoms with Crippen molar-refractivity contribution < 1.29 is 9.53 Å². The SMILES string of the molecule is CCCCC(=O)Nc1ccc(N2CCCC(OC)C2)cc1. The molecule has 1 N–H and O–H groups in total. The molecule has 1 aliphatic heterocycles. The molecule has 4 heteroatoms. The third-order valence-electron chi connectivity index (χ3n) is 3.99. The Morgan fingerprint density at radius 2 is 2.14 bits per heavy atom. The molecule has 1 aromatic carbocycles. The Balaban J connectivity index is 1.90. The molecule has 21 heavy (non-hydrogen) atoms. The lowest BCUT2D eigenvalue weighted by atomic mass is 10.1. The molecule has 4 nitrogen and oxygen atoms in total. The van der Waals surface area contributed by atoms with E-state index in [-0.39, 0.29) is 5.91 Å². The van der Waals surface area contributed by atoms with E-state index < -0.39 is 0 Å². The van der Waals surface area contributed by atoms with Gasteiger partial charge >= 0.3 is 0 Å². The number of rotatable bonds is 6. The molecule has 0 radical (unpaired) electrons. The number of ether oxygens (including phenoxy) is 1. The highest BCUT2D eigenvalue weighted by Crippen LogP contribution is 2.23. The van der Waals surface area contributed by atoms with Gasteiger partial charge in [-0.3, -0.25) is 4.79 Å². The summed E-state index contributed by atoms with van der Waals surface area (Å²) in [4.78, 5) is 14.0. The highest BCUT2D eigenvalue weighted by atomic mass is 16.5. The topological polar surface area (TPSA) is 41.6 Å². The van der Waals surface area contributed by atoms with Crippen LogP contribution in [0.15, 0.2) is 24.3 Å². The van der Waals surface area contributed by atoms with E-state index in [1.165, 1.54) is 5.69 Å². The fraction of sp³-hybridized carbons (Fsp3) is 0.588. The first-order valence-electron chi connectivity index (χ1n) is 7.90. The maximum Gasteiger partial charge on any atom is 0.224 e. The van der Waals surface area contributed by atoms with Crippen LogP contribution in [0.2, 0.25) is 0 Å². The second-order valence-electron chi connectivity index (χ2n) is 5.64. The van der Waals surface area contributed by atoms with Crippen LogP contribution in [0.5, 0.6) is 0 Å². The van der Waals surface area contributed by atoms with Gasteiger partial charge in [0, 0.05) is 38.0 Å². The van der Waals surface area contributed by atoms with Crippen LogP contribution in [0.25, 0.3) is 0 Å². The summed E-state index contributed by atoms with van der Waals surface area (Å²) in [7, 11) is 1.78. The Morgan fingerprint density at radius 3 is 2.81 bits per heavy atom. The lowest BCUT2D eigenvalue weighted by Crippen LogP contribution is -2.39. The first-order valence-corrected chi connectivity index (χ1v) is 7.90. The zero-order chi connectivity index (χ0) is 15.1. The van der Waals surface area contributed by atoms with Crippen LogP contribution in [-0.4, -0.2) is 32.2 Å². The predicted octanol–water partition coefficient (Wildman–Crippen LogP) is 3.43. The molecule has 1 amide bonds. The van der Waals surface area contributed by atoms with Crippen molar-refractivity contribution in [3.63, 3.8) is 0 Å². The Labute approximate surface area is 127 Å². The zero-order valence-electron chi connectivity index (χ0n) is 13.1. The fourth-order valence-electron chi connectivity index (χ4n) is 2.68. The molecule has 1 fully saturated rings. The maximum absolute atomic E-state index is 11.7. The molecule has 1 atom stereocenters. The van der Waals surface area contributed by atoms with E-state index >= 15 is 0 Å². The van der Waals surface area contributed by atoms with Crippen molar-refractivity contribution in [2.75, 3.05) is 30.4 Å². The van der Waals surface area contributed by atoms with Gasteiger partial charge in [0.2, 0.25) is 5.91 Å². The Morgan fingerprint density at radius 1 is 1.38 bits per heavy atom. The summed E-state index contributed by atoms with van der Waals surface area (Å²) in [6.07, 6.45) is 5.21. The van der Waals surface area contributed by atoms with Gasteiger partial charge in [-0.15, -0.1) is 0 Å². The number of amides is 1. The van der Waals surface area contributed by atoms with Crippen LogP contribution >= 0.6 is 0 Å². The highest BCUT2D eigenvalue weighted by Gasteiger charge is 2.19. The van der Waals surface area contributed by atoms with Gasteiger partial charge in [-0.05, 0) is 43.5 Å². The number of hydrogen-bond acceptors (Lipinski definition) is 3.